The summed E-state index contributed by atoms with van der Waals surface area (Å²) in [6, 6.07) is 0. The summed E-state index contributed by atoms with van der Waals surface area (Å²) in [5.74, 6) is -0.0181. The van der Waals surface area contributed by atoms with Crippen LogP contribution in [0.25, 0.3) is 0 Å². The monoisotopic (exact) mass is 255 g/mol. The number of hydrogen-bond donors (Lipinski definition) is 1. The van der Waals surface area contributed by atoms with Crippen LogP contribution in [0.1, 0.15) is 20.3 Å². The van der Waals surface area contributed by atoms with E-state index in [1.807, 2.05) is 13.8 Å². The zero-order valence-corrected chi connectivity index (χ0v) is 10.3. The summed E-state index contributed by atoms with van der Waals surface area (Å²) in [7, 11) is 0. The quantitative estimate of drug-likeness (QED) is 0.601. The van der Waals surface area contributed by atoms with E-state index >= 15 is 0 Å². The molecule has 0 aromatic heterocycles. The first-order valence-electron chi connectivity index (χ1n) is 4.40. The molecule has 0 saturated carbocycles. The molecule has 0 radical (unpaired) electrons. The molecule has 1 heterocycles. The van der Waals surface area contributed by atoms with Gasteiger partial charge in [-0.25, -0.2) is 0 Å². The number of alkyl halides is 1. The first-order chi connectivity index (χ1) is 6.47. The summed E-state index contributed by atoms with van der Waals surface area (Å²) in [6.45, 7) is 4.32. The van der Waals surface area contributed by atoms with Gasteiger partial charge in [-0.3, -0.25) is 0 Å². The second-order valence-corrected chi connectivity index (χ2v) is 4.46. The van der Waals surface area contributed by atoms with Crippen molar-refractivity contribution < 1.29 is 5.11 Å². The van der Waals surface area contributed by atoms with E-state index in [1.165, 1.54) is 6.08 Å². The fourth-order valence-corrected chi connectivity index (χ4v) is 2.34. The molecule has 0 aliphatic carbocycles. The number of hydrogen-bond acceptors (Lipinski definition) is 2. The van der Waals surface area contributed by atoms with E-state index in [9.17, 15) is 5.11 Å². The van der Waals surface area contributed by atoms with E-state index in [-0.39, 0.29) is 10.9 Å². The molecule has 0 amide bonds. The van der Waals surface area contributed by atoms with Gasteiger partial charge in [0.2, 0.25) is 5.88 Å². The minimum absolute atomic E-state index is 0.0181. The molecule has 1 unspecified atom stereocenters. The van der Waals surface area contributed by atoms with Gasteiger partial charge >= 0.3 is 0 Å². The van der Waals surface area contributed by atoms with Crippen LogP contribution in [0.5, 0.6) is 0 Å². The third-order valence-electron chi connectivity index (χ3n) is 2.30. The standard InChI is InChI=1S/C9H12Cl3NO/c1-3-9(12)7(11)5-6(10)8(14)13(9)4-2/h5,14H,3-4H2,1-2H3. The topological polar surface area (TPSA) is 23.5 Å². The Bertz CT molecular complexity index is 300. The second kappa shape index (κ2) is 4.21. The number of aliphatic hydroxyl groups excluding tert-OH is 1. The van der Waals surface area contributed by atoms with E-state index < -0.39 is 5.00 Å². The summed E-state index contributed by atoms with van der Waals surface area (Å²) >= 11 is 18.1. The largest absolute Gasteiger partial charge is 0.494 e. The van der Waals surface area contributed by atoms with Crippen LogP contribution in [0.2, 0.25) is 0 Å². The lowest BCUT2D eigenvalue weighted by atomic mass is 10.1. The summed E-state index contributed by atoms with van der Waals surface area (Å²) < 4.78 is 0. The lowest BCUT2D eigenvalue weighted by molar-refractivity contribution is 0.147. The molecule has 0 saturated heterocycles. The fraction of sp³-hybridized carbons (Fsp3) is 0.556. The van der Waals surface area contributed by atoms with E-state index in [0.29, 0.717) is 18.0 Å². The third-order valence-corrected chi connectivity index (χ3v) is 3.77. The molecule has 0 aromatic carbocycles. The lowest BCUT2D eigenvalue weighted by Crippen LogP contribution is -2.45. The molecule has 0 spiro atoms. The summed E-state index contributed by atoms with van der Waals surface area (Å²) in [5.41, 5.74) is 0. The number of nitrogens with zero attached hydrogens (tertiary/aromatic N) is 1. The normalized spacial score (nSPS) is 28.1. The van der Waals surface area contributed by atoms with Gasteiger partial charge in [-0.15, -0.1) is 0 Å². The van der Waals surface area contributed by atoms with E-state index in [4.69, 9.17) is 34.8 Å². The number of likely N-dealkylation sites (N-methyl/N-ethyl adjacent to an activating group) is 1. The zero-order chi connectivity index (χ0) is 10.9. The van der Waals surface area contributed by atoms with E-state index in [2.05, 4.69) is 0 Å². The Kier molecular flexibility index (Phi) is 3.62. The van der Waals surface area contributed by atoms with Gasteiger partial charge in [0, 0.05) is 6.54 Å². The number of aliphatic hydroxyl groups is 1. The Morgan fingerprint density at radius 1 is 1.43 bits per heavy atom. The molecule has 1 aliphatic rings. The minimum Gasteiger partial charge on any atom is -0.494 e. The van der Waals surface area contributed by atoms with Crippen molar-refractivity contribution in [3.8, 4) is 0 Å². The number of rotatable bonds is 2. The van der Waals surface area contributed by atoms with Crippen LogP contribution in [-0.2, 0) is 0 Å². The Labute approximate surface area is 98.7 Å². The highest BCUT2D eigenvalue weighted by Crippen LogP contribution is 2.42. The Hall–Kier alpha value is -0.0500. The number of halogens is 3. The highest BCUT2D eigenvalue weighted by molar-refractivity contribution is 6.41. The van der Waals surface area contributed by atoms with Crippen LogP contribution in [0, 0.1) is 0 Å². The van der Waals surface area contributed by atoms with Crippen molar-refractivity contribution in [3.63, 3.8) is 0 Å². The maximum atomic E-state index is 9.71. The average molecular weight is 257 g/mol. The molecule has 1 rings (SSSR count). The zero-order valence-electron chi connectivity index (χ0n) is 8.02. The Morgan fingerprint density at radius 3 is 2.43 bits per heavy atom. The average Bonchev–Trinajstić information content (AvgIpc) is 2.16. The van der Waals surface area contributed by atoms with Gasteiger partial charge in [0.1, 0.15) is 5.03 Å². The molecule has 2 nitrogen and oxygen atoms in total. The van der Waals surface area contributed by atoms with E-state index in [0.717, 1.165) is 0 Å². The van der Waals surface area contributed by atoms with Crippen LogP contribution in [0.15, 0.2) is 22.0 Å². The van der Waals surface area contributed by atoms with Crippen LogP contribution in [-0.4, -0.2) is 21.5 Å². The van der Waals surface area contributed by atoms with Crippen molar-refractivity contribution in [3.05, 3.63) is 22.0 Å². The van der Waals surface area contributed by atoms with Gasteiger partial charge in [-0.2, -0.15) is 0 Å². The van der Waals surface area contributed by atoms with Crippen molar-refractivity contribution in [2.45, 2.75) is 25.3 Å². The van der Waals surface area contributed by atoms with Crippen molar-refractivity contribution in [2.75, 3.05) is 6.54 Å². The maximum absolute atomic E-state index is 9.71. The molecule has 1 atom stereocenters. The highest BCUT2D eigenvalue weighted by Gasteiger charge is 2.40. The van der Waals surface area contributed by atoms with Crippen LogP contribution < -0.4 is 0 Å². The summed E-state index contributed by atoms with van der Waals surface area (Å²) in [6.07, 6.45) is 2.08. The van der Waals surface area contributed by atoms with Crippen molar-refractivity contribution in [1.29, 1.82) is 0 Å². The van der Waals surface area contributed by atoms with Crippen molar-refractivity contribution >= 4 is 34.8 Å². The molecular weight excluding hydrogens is 244 g/mol. The molecule has 0 aromatic rings. The third kappa shape index (κ3) is 1.71. The van der Waals surface area contributed by atoms with Gasteiger partial charge in [-0.05, 0) is 19.4 Å². The first-order valence-corrected chi connectivity index (χ1v) is 5.53. The second-order valence-electron chi connectivity index (χ2n) is 3.02. The molecule has 0 fully saturated rings. The summed E-state index contributed by atoms with van der Waals surface area (Å²) in [4.78, 5) is 0.720. The fourth-order valence-electron chi connectivity index (χ4n) is 1.47. The molecule has 5 heteroatoms. The van der Waals surface area contributed by atoms with Crippen LogP contribution in [0.4, 0.5) is 0 Å². The number of allylic oxidation sites excluding steroid dienone is 2. The molecule has 0 bridgehead atoms. The van der Waals surface area contributed by atoms with Crippen LogP contribution in [0.3, 0.4) is 0 Å². The SMILES string of the molecule is CCN1C(O)=C(Cl)C=C(Cl)C1(Cl)CC. The van der Waals surface area contributed by atoms with Crippen LogP contribution >= 0.6 is 34.8 Å². The van der Waals surface area contributed by atoms with E-state index in [1.54, 1.807) is 4.90 Å². The minimum atomic E-state index is -0.862. The van der Waals surface area contributed by atoms with Gasteiger partial charge in [-0.1, -0.05) is 41.7 Å². The molecule has 1 aliphatic heterocycles. The predicted molar refractivity (Wildman–Crippen MR) is 60.7 cm³/mol. The molecule has 80 valence electrons. The predicted octanol–water partition coefficient (Wildman–Crippen LogP) is 3.76. The molecular formula is C9H12Cl3NO. The smallest absolute Gasteiger partial charge is 0.207 e. The van der Waals surface area contributed by atoms with Gasteiger partial charge in [0.15, 0.2) is 5.00 Å². The van der Waals surface area contributed by atoms with Gasteiger partial charge in [0.05, 0.1) is 5.03 Å². The van der Waals surface area contributed by atoms with Crippen molar-refractivity contribution in [2.24, 2.45) is 0 Å². The maximum Gasteiger partial charge on any atom is 0.207 e. The lowest BCUT2D eigenvalue weighted by Gasteiger charge is -2.40. The summed E-state index contributed by atoms with van der Waals surface area (Å²) in [5, 5.41) is 10.4. The Morgan fingerprint density at radius 2 is 2.00 bits per heavy atom. The molecule has 1 N–H and O–H groups in total. The highest BCUT2D eigenvalue weighted by atomic mass is 35.5. The molecule has 14 heavy (non-hydrogen) atoms. The Balaban J connectivity index is 3.19. The van der Waals surface area contributed by atoms with Crippen molar-refractivity contribution in [1.82, 2.24) is 4.90 Å². The first kappa shape index (κ1) is 12.0. The van der Waals surface area contributed by atoms with Gasteiger partial charge in [0.25, 0.3) is 0 Å². The van der Waals surface area contributed by atoms with Gasteiger partial charge < -0.3 is 10.0 Å².